The first kappa shape index (κ1) is 14.8. The Morgan fingerprint density at radius 2 is 1.78 bits per heavy atom. The van der Waals surface area contributed by atoms with E-state index in [4.69, 9.17) is 14.2 Å². The van der Waals surface area contributed by atoms with E-state index in [9.17, 15) is 0 Å². The summed E-state index contributed by atoms with van der Waals surface area (Å²) >= 11 is 0. The van der Waals surface area contributed by atoms with Gasteiger partial charge < -0.3 is 19.5 Å². The fraction of sp³-hybridized carbons (Fsp3) is 0.571. The molecule has 4 heteroatoms. The minimum Gasteiger partial charge on any atom is -0.497 e. The molecule has 0 bridgehead atoms. The number of hydrogen-bond acceptors (Lipinski definition) is 4. The fourth-order valence-corrected chi connectivity index (χ4v) is 2.06. The highest BCUT2D eigenvalue weighted by atomic mass is 16.5. The predicted molar refractivity (Wildman–Crippen MR) is 72.4 cm³/mol. The summed E-state index contributed by atoms with van der Waals surface area (Å²) in [6, 6.07) is 5.77. The van der Waals surface area contributed by atoms with E-state index in [1.807, 2.05) is 39.1 Å². The van der Waals surface area contributed by atoms with Crippen LogP contribution in [0.2, 0.25) is 0 Å². The smallest absolute Gasteiger partial charge is 0.124 e. The van der Waals surface area contributed by atoms with Crippen LogP contribution >= 0.6 is 0 Å². The van der Waals surface area contributed by atoms with E-state index in [0.29, 0.717) is 0 Å². The monoisotopic (exact) mass is 253 g/mol. The Bertz CT molecular complexity index is 391. The first-order chi connectivity index (χ1) is 8.50. The van der Waals surface area contributed by atoms with Gasteiger partial charge in [0.15, 0.2) is 0 Å². The molecule has 0 amide bonds. The molecule has 0 aliphatic carbocycles. The summed E-state index contributed by atoms with van der Waals surface area (Å²) in [6.07, 6.45) is 0. The van der Waals surface area contributed by atoms with Gasteiger partial charge in [-0.25, -0.2) is 0 Å². The lowest BCUT2D eigenvalue weighted by atomic mass is 9.91. The molecule has 0 spiro atoms. The SMILES string of the molecule is CNC(c1cc(OC)ccc1OC)C(C)(C)OC. The third-order valence-corrected chi connectivity index (χ3v) is 3.26. The number of nitrogens with one attached hydrogen (secondary N) is 1. The van der Waals surface area contributed by atoms with Crippen LogP contribution in [0.1, 0.15) is 25.5 Å². The molecular weight excluding hydrogens is 230 g/mol. The van der Waals surface area contributed by atoms with E-state index in [1.165, 1.54) is 0 Å². The van der Waals surface area contributed by atoms with Crippen molar-refractivity contribution in [1.82, 2.24) is 5.32 Å². The summed E-state index contributed by atoms with van der Waals surface area (Å²) in [5.41, 5.74) is 0.667. The van der Waals surface area contributed by atoms with E-state index in [-0.39, 0.29) is 11.6 Å². The van der Waals surface area contributed by atoms with Crippen LogP contribution in [0.15, 0.2) is 18.2 Å². The second-order valence-electron chi connectivity index (χ2n) is 4.64. The van der Waals surface area contributed by atoms with Gasteiger partial charge in [0.25, 0.3) is 0 Å². The number of benzene rings is 1. The molecule has 4 nitrogen and oxygen atoms in total. The van der Waals surface area contributed by atoms with Gasteiger partial charge in [0, 0.05) is 12.7 Å². The maximum atomic E-state index is 5.56. The van der Waals surface area contributed by atoms with Gasteiger partial charge in [-0.15, -0.1) is 0 Å². The normalized spacial score (nSPS) is 13.2. The van der Waals surface area contributed by atoms with Crippen molar-refractivity contribution in [2.45, 2.75) is 25.5 Å². The highest BCUT2D eigenvalue weighted by Gasteiger charge is 2.31. The Morgan fingerprint density at radius 3 is 2.22 bits per heavy atom. The summed E-state index contributed by atoms with van der Waals surface area (Å²) in [6.45, 7) is 4.07. The third-order valence-electron chi connectivity index (χ3n) is 3.26. The van der Waals surface area contributed by atoms with Gasteiger partial charge >= 0.3 is 0 Å². The molecule has 0 heterocycles. The standard InChI is InChI=1S/C14H23NO3/c1-14(2,18-6)13(15-3)11-9-10(16-4)7-8-12(11)17-5/h7-9,13,15H,1-6H3. The second-order valence-corrected chi connectivity index (χ2v) is 4.64. The Labute approximate surface area is 109 Å². The van der Waals surface area contributed by atoms with E-state index in [0.717, 1.165) is 17.1 Å². The van der Waals surface area contributed by atoms with E-state index >= 15 is 0 Å². The van der Waals surface area contributed by atoms with Gasteiger partial charge in [-0.05, 0) is 39.1 Å². The zero-order chi connectivity index (χ0) is 13.8. The number of hydrogen-bond donors (Lipinski definition) is 1. The van der Waals surface area contributed by atoms with Gasteiger partial charge in [-0.2, -0.15) is 0 Å². The van der Waals surface area contributed by atoms with Crippen LogP contribution in [0.4, 0.5) is 0 Å². The van der Waals surface area contributed by atoms with Crippen LogP contribution in [-0.4, -0.2) is 34.0 Å². The molecule has 1 atom stereocenters. The Morgan fingerprint density at radius 1 is 1.11 bits per heavy atom. The molecular formula is C14H23NO3. The van der Waals surface area contributed by atoms with E-state index in [1.54, 1.807) is 21.3 Å². The van der Waals surface area contributed by atoms with Crippen molar-refractivity contribution in [2.75, 3.05) is 28.4 Å². The molecule has 1 N–H and O–H groups in total. The maximum absolute atomic E-state index is 5.56. The summed E-state index contributed by atoms with van der Waals surface area (Å²) in [7, 11) is 6.93. The lowest BCUT2D eigenvalue weighted by Gasteiger charge is -2.34. The summed E-state index contributed by atoms with van der Waals surface area (Å²) in [5, 5.41) is 3.28. The Kier molecular flexibility index (Phi) is 4.99. The van der Waals surface area contributed by atoms with Crippen molar-refractivity contribution in [1.29, 1.82) is 0 Å². The average Bonchev–Trinajstić information content (AvgIpc) is 2.39. The zero-order valence-corrected chi connectivity index (χ0v) is 12.0. The van der Waals surface area contributed by atoms with Gasteiger partial charge in [0.1, 0.15) is 11.5 Å². The van der Waals surface area contributed by atoms with Crippen LogP contribution in [0.3, 0.4) is 0 Å². The highest BCUT2D eigenvalue weighted by molar-refractivity contribution is 5.43. The van der Waals surface area contributed by atoms with Crippen molar-refractivity contribution >= 4 is 0 Å². The lowest BCUT2D eigenvalue weighted by Crippen LogP contribution is -2.39. The predicted octanol–water partition coefficient (Wildman–Crippen LogP) is 2.39. The van der Waals surface area contributed by atoms with Crippen LogP contribution in [-0.2, 0) is 4.74 Å². The molecule has 18 heavy (non-hydrogen) atoms. The van der Waals surface area contributed by atoms with Crippen LogP contribution in [0, 0.1) is 0 Å². The van der Waals surface area contributed by atoms with Crippen LogP contribution in [0.25, 0.3) is 0 Å². The largest absolute Gasteiger partial charge is 0.497 e. The van der Waals surface area contributed by atoms with Crippen LogP contribution in [0.5, 0.6) is 11.5 Å². The average molecular weight is 253 g/mol. The van der Waals surface area contributed by atoms with Gasteiger partial charge in [0.05, 0.1) is 25.9 Å². The molecule has 102 valence electrons. The number of ether oxygens (including phenoxy) is 3. The third kappa shape index (κ3) is 2.94. The van der Waals surface area contributed by atoms with Gasteiger partial charge in [-0.3, -0.25) is 0 Å². The fourth-order valence-electron chi connectivity index (χ4n) is 2.06. The first-order valence-corrected chi connectivity index (χ1v) is 5.94. The Balaban J connectivity index is 3.26. The number of methoxy groups -OCH3 is 3. The van der Waals surface area contributed by atoms with Gasteiger partial charge in [-0.1, -0.05) is 0 Å². The molecule has 0 radical (unpaired) electrons. The second kappa shape index (κ2) is 6.07. The molecule has 1 aromatic carbocycles. The molecule has 0 aliphatic heterocycles. The summed E-state index contributed by atoms with van der Waals surface area (Å²) < 4.78 is 16.2. The summed E-state index contributed by atoms with van der Waals surface area (Å²) in [4.78, 5) is 0. The topological polar surface area (TPSA) is 39.7 Å². The quantitative estimate of drug-likeness (QED) is 0.845. The first-order valence-electron chi connectivity index (χ1n) is 5.94. The molecule has 0 fully saturated rings. The minimum atomic E-state index is -0.353. The summed E-state index contributed by atoms with van der Waals surface area (Å²) in [5.74, 6) is 1.62. The Hall–Kier alpha value is -1.26. The molecule has 0 aliphatic rings. The molecule has 0 saturated heterocycles. The molecule has 1 unspecified atom stereocenters. The zero-order valence-electron chi connectivity index (χ0n) is 12.0. The molecule has 0 aromatic heterocycles. The van der Waals surface area contributed by atoms with Crippen molar-refractivity contribution in [3.05, 3.63) is 23.8 Å². The van der Waals surface area contributed by atoms with Crippen molar-refractivity contribution in [3.63, 3.8) is 0 Å². The maximum Gasteiger partial charge on any atom is 0.124 e. The lowest BCUT2D eigenvalue weighted by molar-refractivity contribution is -0.00960. The minimum absolute atomic E-state index is 0.00699. The molecule has 0 saturated carbocycles. The number of rotatable bonds is 6. The number of likely N-dealkylation sites (N-methyl/N-ethyl adjacent to an activating group) is 1. The molecule has 1 aromatic rings. The van der Waals surface area contributed by atoms with E-state index in [2.05, 4.69) is 5.32 Å². The van der Waals surface area contributed by atoms with Crippen molar-refractivity contribution < 1.29 is 14.2 Å². The molecule has 1 rings (SSSR count). The highest BCUT2D eigenvalue weighted by Crippen LogP contribution is 2.36. The van der Waals surface area contributed by atoms with Crippen LogP contribution < -0.4 is 14.8 Å². The van der Waals surface area contributed by atoms with E-state index < -0.39 is 0 Å². The van der Waals surface area contributed by atoms with Crippen molar-refractivity contribution in [3.8, 4) is 11.5 Å². The van der Waals surface area contributed by atoms with Crippen molar-refractivity contribution in [2.24, 2.45) is 0 Å². The van der Waals surface area contributed by atoms with Gasteiger partial charge in [0.2, 0.25) is 0 Å².